The van der Waals surface area contributed by atoms with Gasteiger partial charge in [-0.05, 0) is 30.2 Å². The fourth-order valence-corrected chi connectivity index (χ4v) is 3.44. The number of aryl methyl sites for hydroxylation is 2. The summed E-state index contributed by atoms with van der Waals surface area (Å²) in [6, 6.07) is 12.4. The molecule has 0 atom stereocenters. The maximum absolute atomic E-state index is 5.41. The van der Waals surface area contributed by atoms with E-state index in [0.29, 0.717) is 13.2 Å². The van der Waals surface area contributed by atoms with E-state index in [1.165, 1.54) is 0 Å². The molecule has 1 heterocycles. The van der Waals surface area contributed by atoms with Gasteiger partial charge in [0.1, 0.15) is 11.3 Å². The minimum atomic E-state index is 0. The summed E-state index contributed by atoms with van der Waals surface area (Å²) in [5, 5.41) is 5.93. The first-order chi connectivity index (χ1) is 13.1. The number of benzene rings is 2. The van der Waals surface area contributed by atoms with Gasteiger partial charge in [-0.1, -0.05) is 30.3 Å². The summed E-state index contributed by atoms with van der Waals surface area (Å²) in [6.45, 7) is 3.13. The number of hydrogen-bond donors (Lipinski definition) is 0. The van der Waals surface area contributed by atoms with Crippen LogP contribution in [0.15, 0.2) is 42.5 Å². The number of fused-ring (bicyclic) bond motifs is 1. The van der Waals surface area contributed by atoms with E-state index in [4.69, 9.17) is 19.3 Å². The summed E-state index contributed by atoms with van der Waals surface area (Å²) in [5.74, 6) is 0.856. The van der Waals surface area contributed by atoms with Crippen molar-refractivity contribution in [1.82, 2.24) is 9.78 Å². The van der Waals surface area contributed by atoms with Crippen molar-refractivity contribution in [3.05, 3.63) is 53.7 Å². The zero-order chi connectivity index (χ0) is 19.4. The van der Waals surface area contributed by atoms with Crippen molar-refractivity contribution in [2.24, 2.45) is 7.05 Å². The summed E-state index contributed by atoms with van der Waals surface area (Å²) in [4.78, 5) is 0. The summed E-state index contributed by atoms with van der Waals surface area (Å²) >= 11 is 0. The normalized spacial score (nSPS) is 11.5. The zero-order valence-electron chi connectivity index (χ0n) is 17.0. The van der Waals surface area contributed by atoms with Crippen LogP contribution in [0, 0.1) is 6.92 Å². The van der Waals surface area contributed by atoms with Gasteiger partial charge in [0.2, 0.25) is 0 Å². The van der Waals surface area contributed by atoms with Crippen LogP contribution in [-0.2, 0) is 16.5 Å². The minimum Gasteiger partial charge on any atom is -0.497 e. The number of rotatable bonds is 7. The van der Waals surface area contributed by atoms with Gasteiger partial charge in [-0.2, -0.15) is 5.10 Å². The van der Waals surface area contributed by atoms with E-state index in [-0.39, 0.29) is 12.4 Å². The SMILES string of the molecule is COCC=C(COC)c1c2cccc(-c3ccc(OC)cc3C)c2nn1C.Cl. The maximum atomic E-state index is 5.41. The lowest BCUT2D eigenvalue weighted by Crippen LogP contribution is -2.03. The zero-order valence-corrected chi connectivity index (χ0v) is 17.8. The molecule has 0 saturated heterocycles. The van der Waals surface area contributed by atoms with E-state index in [9.17, 15) is 0 Å². The third-order valence-electron chi connectivity index (χ3n) is 4.69. The third kappa shape index (κ3) is 4.22. The van der Waals surface area contributed by atoms with Crippen molar-refractivity contribution in [2.75, 3.05) is 34.5 Å². The first kappa shape index (κ1) is 22.0. The molecule has 0 radical (unpaired) electrons. The van der Waals surface area contributed by atoms with Crippen LogP contribution in [0.4, 0.5) is 0 Å². The molecule has 0 unspecified atom stereocenters. The van der Waals surface area contributed by atoms with Crippen LogP contribution < -0.4 is 4.74 Å². The predicted molar refractivity (Wildman–Crippen MR) is 116 cm³/mol. The highest BCUT2D eigenvalue weighted by molar-refractivity contribution is 6.00. The Bertz CT molecular complexity index is 979. The summed E-state index contributed by atoms with van der Waals surface area (Å²) < 4.78 is 17.9. The molecule has 0 aliphatic carbocycles. The standard InChI is InChI=1S/C22H26N2O3.ClH/c1-15-13-17(27-5)9-10-18(15)19-7-6-8-20-21(19)23-24(2)22(20)16(14-26-4)11-12-25-3;/h6-11,13H,12,14H2,1-5H3;1H. The van der Waals surface area contributed by atoms with Crippen molar-refractivity contribution in [3.63, 3.8) is 0 Å². The number of hydrogen-bond acceptors (Lipinski definition) is 4. The molecule has 1 aromatic heterocycles. The Morgan fingerprint density at radius 1 is 1.07 bits per heavy atom. The van der Waals surface area contributed by atoms with Crippen LogP contribution in [0.5, 0.6) is 5.75 Å². The first-order valence-corrected chi connectivity index (χ1v) is 8.88. The Morgan fingerprint density at radius 3 is 2.50 bits per heavy atom. The topological polar surface area (TPSA) is 45.5 Å². The first-order valence-electron chi connectivity index (χ1n) is 8.88. The molecule has 0 spiro atoms. The van der Waals surface area contributed by atoms with E-state index < -0.39 is 0 Å². The van der Waals surface area contributed by atoms with Gasteiger partial charge in [-0.3, -0.25) is 4.68 Å². The Kier molecular flexibility index (Phi) is 7.63. The van der Waals surface area contributed by atoms with E-state index in [1.54, 1.807) is 21.3 Å². The van der Waals surface area contributed by atoms with Crippen molar-refractivity contribution in [3.8, 4) is 16.9 Å². The van der Waals surface area contributed by atoms with E-state index in [0.717, 1.165) is 44.6 Å². The molecular formula is C22H27ClN2O3. The molecule has 2 aromatic carbocycles. The molecule has 150 valence electrons. The van der Waals surface area contributed by atoms with Crippen LogP contribution in [0.3, 0.4) is 0 Å². The molecule has 0 fully saturated rings. The molecule has 3 aromatic rings. The number of ether oxygens (including phenoxy) is 3. The maximum Gasteiger partial charge on any atom is 0.119 e. The molecule has 0 amide bonds. The highest BCUT2D eigenvalue weighted by Gasteiger charge is 2.17. The summed E-state index contributed by atoms with van der Waals surface area (Å²) in [6.07, 6.45) is 2.05. The lowest BCUT2D eigenvalue weighted by molar-refractivity contribution is 0.227. The Hall–Kier alpha value is -2.34. The second-order valence-electron chi connectivity index (χ2n) is 6.47. The van der Waals surface area contributed by atoms with E-state index in [1.807, 2.05) is 29.9 Å². The average Bonchev–Trinajstić information content (AvgIpc) is 3.01. The van der Waals surface area contributed by atoms with Gasteiger partial charge in [0, 0.05) is 37.8 Å². The highest BCUT2D eigenvalue weighted by Crippen LogP contribution is 2.35. The molecular weight excluding hydrogens is 376 g/mol. The number of methoxy groups -OCH3 is 3. The molecule has 5 nitrogen and oxygen atoms in total. The van der Waals surface area contributed by atoms with Crippen molar-refractivity contribution in [1.29, 1.82) is 0 Å². The van der Waals surface area contributed by atoms with Crippen LogP contribution in [0.25, 0.3) is 27.6 Å². The fraction of sp³-hybridized carbons (Fsp3) is 0.318. The van der Waals surface area contributed by atoms with Gasteiger partial charge >= 0.3 is 0 Å². The summed E-state index contributed by atoms with van der Waals surface area (Å²) in [7, 11) is 7.04. The molecule has 0 saturated carbocycles. The highest BCUT2D eigenvalue weighted by atomic mass is 35.5. The average molecular weight is 403 g/mol. The molecule has 0 N–H and O–H groups in total. The quantitative estimate of drug-likeness (QED) is 0.576. The Labute approximate surface area is 172 Å². The van der Waals surface area contributed by atoms with Gasteiger partial charge < -0.3 is 14.2 Å². The molecule has 0 bridgehead atoms. The molecule has 28 heavy (non-hydrogen) atoms. The fourth-order valence-electron chi connectivity index (χ4n) is 3.44. The van der Waals surface area contributed by atoms with E-state index >= 15 is 0 Å². The van der Waals surface area contributed by atoms with Gasteiger partial charge in [0.15, 0.2) is 0 Å². The van der Waals surface area contributed by atoms with Crippen LogP contribution >= 0.6 is 12.4 Å². The van der Waals surface area contributed by atoms with Crippen LogP contribution in [-0.4, -0.2) is 44.3 Å². The van der Waals surface area contributed by atoms with E-state index in [2.05, 4.69) is 31.2 Å². The molecule has 6 heteroatoms. The Balaban J connectivity index is 0.00000280. The number of halogens is 1. The smallest absolute Gasteiger partial charge is 0.119 e. The van der Waals surface area contributed by atoms with Gasteiger partial charge in [-0.15, -0.1) is 12.4 Å². The van der Waals surface area contributed by atoms with Crippen molar-refractivity contribution < 1.29 is 14.2 Å². The minimum absolute atomic E-state index is 0. The molecule has 3 rings (SSSR count). The van der Waals surface area contributed by atoms with Gasteiger partial charge in [0.25, 0.3) is 0 Å². The monoisotopic (exact) mass is 402 g/mol. The second kappa shape index (κ2) is 9.73. The molecule has 0 aliphatic rings. The lowest BCUT2D eigenvalue weighted by Gasteiger charge is -2.10. The largest absolute Gasteiger partial charge is 0.497 e. The van der Waals surface area contributed by atoms with Crippen molar-refractivity contribution in [2.45, 2.75) is 6.92 Å². The number of aromatic nitrogens is 2. The second-order valence-corrected chi connectivity index (χ2v) is 6.47. The van der Waals surface area contributed by atoms with Crippen molar-refractivity contribution >= 4 is 28.9 Å². The van der Waals surface area contributed by atoms with Crippen LogP contribution in [0.2, 0.25) is 0 Å². The predicted octanol–water partition coefficient (Wildman–Crippen LogP) is 4.66. The van der Waals surface area contributed by atoms with Gasteiger partial charge in [-0.25, -0.2) is 0 Å². The van der Waals surface area contributed by atoms with Gasteiger partial charge in [0.05, 0.1) is 26.0 Å². The summed E-state index contributed by atoms with van der Waals surface area (Å²) in [5.41, 5.74) is 6.51. The Morgan fingerprint density at radius 2 is 1.86 bits per heavy atom. The third-order valence-corrected chi connectivity index (χ3v) is 4.69. The van der Waals surface area contributed by atoms with Crippen LogP contribution in [0.1, 0.15) is 11.3 Å². The number of nitrogens with zero attached hydrogens (tertiary/aromatic N) is 2. The molecule has 0 aliphatic heterocycles. The lowest BCUT2D eigenvalue weighted by atomic mass is 9.97.